The van der Waals surface area contributed by atoms with Gasteiger partial charge in [0.25, 0.3) is 0 Å². The van der Waals surface area contributed by atoms with Crippen LogP contribution >= 0.6 is 11.8 Å². The van der Waals surface area contributed by atoms with Crippen LogP contribution in [0.25, 0.3) is 10.8 Å². The Labute approximate surface area is 196 Å². The minimum absolute atomic E-state index is 0.265. The summed E-state index contributed by atoms with van der Waals surface area (Å²) < 4.78 is 5.59. The topological polar surface area (TPSA) is 63.6 Å². The Bertz CT molecular complexity index is 1360. The van der Waals surface area contributed by atoms with Crippen LogP contribution in [0.1, 0.15) is 43.0 Å². The van der Waals surface area contributed by atoms with E-state index < -0.39 is 5.97 Å². The molecule has 0 amide bonds. The molecule has 0 saturated heterocycles. The number of fused-ring (bicyclic) bond motifs is 2. The first-order chi connectivity index (χ1) is 16.0. The molecule has 1 aliphatic heterocycles. The van der Waals surface area contributed by atoms with Gasteiger partial charge in [0.1, 0.15) is 6.61 Å². The first-order valence-electron chi connectivity index (χ1n) is 10.8. The van der Waals surface area contributed by atoms with Crippen LogP contribution in [0.3, 0.4) is 0 Å². The third-order valence-electron chi connectivity index (χ3n) is 5.87. The van der Waals surface area contributed by atoms with E-state index in [9.17, 15) is 9.59 Å². The van der Waals surface area contributed by atoms with Crippen LogP contribution in [0.5, 0.6) is 0 Å². The van der Waals surface area contributed by atoms with Crippen molar-refractivity contribution in [3.63, 3.8) is 0 Å². The van der Waals surface area contributed by atoms with Gasteiger partial charge in [0, 0.05) is 10.6 Å². The molecule has 0 unspecified atom stereocenters. The highest BCUT2D eigenvalue weighted by Gasteiger charge is 2.13. The van der Waals surface area contributed by atoms with Crippen molar-refractivity contribution in [3.05, 3.63) is 112 Å². The Morgan fingerprint density at radius 2 is 1.52 bits per heavy atom. The predicted molar refractivity (Wildman–Crippen MR) is 130 cm³/mol. The number of carboxylic acid groups (broad SMARTS) is 1. The molecule has 5 heteroatoms. The average molecular weight is 455 g/mol. The lowest BCUT2D eigenvalue weighted by atomic mass is 9.99. The van der Waals surface area contributed by atoms with Crippen molar-refractivity contribution in [1.82, 2.24) is 0 Å². The highest BCUT2D eigenvalue weighted by Crippen LogP contribution is 2.31. The third kappa shape index (κ3) is 4.78. The van der Waals surface area contributed by atoms with Gasteiger partial charge in [-0.05, 0) is 76.2 Å². The summed E-state index contributed by atoms with van der Waals surface area (Å²) in [6.45, 7) is 0.265. The van der Waals surface area contributed by atoms with Gasteiger partial charge in [0.2, 0.25) is 0 Å². The second kappa shape index (κ2) is 9.12. The summed E-state index contributed by atoms with van der Waals surface area (Å²) in [6.07, 6.45) is 1.75. The van der Waals surface area contributed by atoms with Crippen molar-refractivity contribution in [2.24, 2.45) is 0 Å². The first-order valence-corrected chi connectivity index (χ1v) is 11.8. The van der Waals surface area contributed by atoms with Crippen molar-refractivity contribution >= 4 is 34.5 Å². The molecule has 0 bridgehead atoms. The molecule has 4 nitrogen and oxygen atoms in total. The molecule has 5 rings (SSSR count). The molecule has 0 aliphatic carbocycles. The molecule has 33 heavy (non-hydrogen) atoms. The summed E-state index contributed by atoms with van der Waals surface area (Å²) in [5, 5.41) is 11.1. The molecule has 4 aromatic carbocycles. The van der Waals surface area contributed by atoms with Gasteiger partial charge in [0.05, 0.1) is 11.1 Å². The maximum absolute atomic E-state index is 12.7. The summed E-state index contributed by atoms with van der Waals surface area (Å²) in [5.74, 6) is -0.144. The normalized spacial score (nSPS) is 12.5. The number of ether oxygens (including phenoxy) is 1. The predicted octanol–water partition coefficient (Wildman–Crippen LogP) is 6.13. The summed E-state index contributed by atoms with van der Waals surface area (Å²) in [5.41, 5.74) is 5.28. The number of rotatable bonds is 6. The summed E-state index contributed by atoms with van der Waals surface area (Å²) in [6, 6.07) is 24.9. The SMILES string of the molecule is O=C(O)c1ccc(Cc2ccc3ccc(C(=O)OCc4ccc5c(c4)CCS5)cc3c2)cc1. The van der Waals surface area contributed by atoms with Crippen molar-refractivity contribution in [2.75, 3.05) is 5.75 Å². The van der Waals surface area contributed by atoms with Gasteiger partial charge in [-0.2, -0.15) is 0 Å². The van der Waals surface area contributed by atoms with Gasteiger partial charge in [-0.25, -0.2) is 9.59 Å². The quantitative estimate of drug-likeness (QED) is 0.355. The molecule has 0 saturated carbocycles. The van der Waals surface area contributed by atoms with E-state index in [1.807, 2.05) is 48.2 Å². The number of hydrogen-bond donors (Lipinski definition) is 1. The zero-order valence-electron chi connectivity index (χ0n) is 17.9. The number of benzene rings is 4. The summed E-state index contributed by atoms with van der Waals surface area (Å²) in [7, 11) is 0. The van der Waals surface area contributed by atoms with Gasteiger partial charge in [-0.15, -0.1) is 11.8 Å². The van der Waals surface area contributed by atoms with Gasteiger partial charge in [0.15, 0.2) is 0 Å². The highest BCUT2D eigenvalue weighted by molar-refractivity contribution is 7.99. The summed E-state index contributed by atoms with van der Waals surface area (Å²) >= 11 is 1.87. The van der Waals surface area contributed by atoms with Gasteiger partial charge < -0.3 is 9.84 Å². The molecule has 0 fully saturated rings. The van der Waals surface area contributed by atoms with Crippen LogP contribution < -0.4 is 0 Å². The number of esters is 1. The number of thioether (sulfide) groups is 1. The lowest BCUT2D eigenvalue weighted by Crippen LogP contribution is -2.05. The number of hydrogen-bond acceptors (Lipinski definition) is 4. The third-order valence-corrected chi connectivity index (χ3v) is 6.99. The Morgan fingerprint density at radius 1 is 0.788 bits per heavy atom. The molecule has 1 heterocycles. The van der Waals surface area contributed by atoms with E-state index in [0.29, 0.717) is 12.0 Å². The lowest BCUT2D eigenvalue weighted by Gasteiger charge is -2.09. The number of aromatic carboxylic acids is 1. The maximum Gasteiger partial charge on any atom is 0.338 e. The molecular weight excluding hydrogens is 432 g/mol. The molecule has 0 radical (unpaired) electrons. The summed E-state index contributed by atoms with van der Waals surface area (Å²) in [4.78, 5) is 25.0. The fraction of sp³-hybridized carbons (Fsp3) is 0.143. The van der Waals surface area contributed by atoms with Crippen LogP contribution in [-0.2, 0) is 24.2 Å². The van der Waals surface area contributed by atoms with Gasteiger partial charge in [-0.3, -0.25) is 0 Å². The van der Waals surface area contributed by atoms with Crippen LogP contribution in [0, 0.1) is 0 Å². The maximum atomic E-state index is 12.7. The Kier molecular flexibility index (Phi) is 5.88. The van der Waals surface area contributed by atoms with Crippen molar-refractivity contribution < 1.29 is 19.4 Å². The highest BCUT2D eigenvalue weighted by atomic mass is 32.2. The van der Waals surface area contributed by atoms with E-state index in [1.54, 1.807) is 18.2 Å². The minimum atomic E-state index is -0.929. The van der Waals surface area contributed by atoms with Crippen molar-refractivity contribution in [3.8, 4) is 0 Å². The van der Waals surface area contributed by atoms with E-state index in [0.717, 1.165) is 39.6 Å². The van der Waals surface area contributed by atoms with Crippen LogP contribution in [0.15, 0.2) is 83.8 Å². The van der Waals surface area contributed by atoms with E-state index in [-0.39, 0.29) is 18.1 Å². The Balaban J connectivity index is 1.29. The molecule has 4 aromatic rings. The van der Waals surface area contributed by atoms with E-state index in [2.05, 4.69) is 24.3 Å². The van der Waals surface area contributed by atoms with Gasteiger partial charge in [-0.1, -0.05) is 48.5 Å². The van der Waals surface area contributed by atoms with Crippen molar-refractivity contribution in [2.45, 2.75) is 24.3 Å². The zero-order valence-corrected chi connectivity index (χ0v) is 18.7. The first kappa shape index (κ1) is 21.3. The van der Waals surface area contributed by atoms with E-state index in [4.69, 9.17) is 9.84 Å². The Morgan fingerprint density at radius 3 is 2.33 bits per heavy atom. The number of carbonyl (C=O) groups is 2. The molecule has 0 atom stereocenters. The average Bonchev–Trinajstić information content (AvgIpc) is 3.30. The second-order valence-electron chi connectivity index (χ2n) is 8.19. The molecule has 0 spiro atoms. The molecule has 164 valence electrons. The van der Waals surface area contributed by atoms with Crippen molar-refractivity contribution in [1.29, 1.82) is 0 Å². The smallest absolute Gasteiger partial charge is 0.338 e. The zero-order chi connectivity index (χ0) is 22.8. The Hall–Kier alpha value is -3.57. The minimum Gasteiger partial charge on any atom is -0.478 e. The standard InChI is InChI=1S/C28H22O4S/c29-27(30)22-6-1-18(2-7-22)13-19-3-5-21-8-9-24(16-25(21)14-19)28(31)32-17-20-4-10-26-23(15-20)11-12-33-26/h1-10,14-16H,11-13,17H2,(H,29,30). The number of carboxylic acids is 1. The molecule has 1 N–H and O–H groups in total. The monoisotopic (exact) mass is 454 g/mol. The van der Waals surface area contributed by atoms with Crippen LogP contribution in [0.2, 0.25) is 0 Å². The lowest BCUT2D eigenvalue weighted by molar-refractivity contribution is 0.0472. The molecule has 1 aliphatic rings. The largest absolute Gasteiger partial charge is 0.478 e. The second-order valence-corrected chi connectivity index (χ2v) is 9.33. The van der Waals surface area contributed by atoms with Crippen LogP contribution in [0.4, 0.5) is 0 Å². The molecular formula is C28H22O4S. The van der Waals surface area contributed by atoms with Crippen LogP contribution in [-0.4, -0.2) is 22.8 Å². The number of aryl methyl sites for hydroxylation is 1. The van der Waals surface area contributed by atoms with E-state index in [1.165, 1.54) is 10.5 Å². The van der Waals surface area contributed by atoms with Gasteiger partial charge >= 0.3 is 11.9 Å². The molecule has 0 aromatic heterocycles. The number of carbonyl (C=O) groups excluding carboxylic acids is 1. The fourth-order valence-corrected chi connectivity index (χ4v) is 5.15. The fourth-order valence-electron chi connectivity index (χ4n) is 4.10. The van der Waals surface area contributed by atoms with E-state index >= 15 is 0 Å².